The van der Waals surface area contributed by atoms with Gasteiger partial charge < -0.3 is 20.3 Å². The number of hydrogen-bond acceptors (Lipinski definition) is 3. The van der Waals surface area contributed by atoms with E-state index in [1.807, 2.05) is 29.9 Å². The first-order valence-corrected chi connectivity index (χ1v) is 9.34. The number of aromatic nitrogens is 2. The Bertz CT molecular complexity index is 798. The van der Waals surface area contributed by atoms with Gasteiger partial charge in [-0.15, -0.1) is 0 Å². The van der Waals surface area contributed by atoms with Crippen LogP contribution in [0, 0.1) is 5.92 Å². The molecule has 2 amide bonds. The first-order valence-electron chi connectivity index (χ1n) is 8.96. The Kier molecular flexibility index (Phi) is 6.01. The van der Waals surface area contributed by atoms with Crippen LogP contribution in [0.5, 0.6) is 0 Å². The van der Waals surface area contributed by atoms with Crippen molar-refractivity contribution in [2.24, 2.45) is 13.0 Å². The van der Waals surface area contributed by atoms with Crippen LogP contribution in [-0.4, -0.2) is 32.7 Å². The van der Waals surface area contributed by atoms with Crippen molar-refractivity contribution >= 4 is 23.6 Å². The fourth-order valence-electron chi connectivity index (χ4n) is 3.45. The SMILES string of the molecule is Cn1ccnc1C(NC(=O)NC1CCC(C(=O)O)CC1)c1ccc(Cl)cc1. The second-order valence-corrected chi connectivity index (χ2v) is 7.32. The van der Waals surface area contributed by atoms with Crippen molar-refractivity contribution in [3.05, 3.63) is 53.1 Å². The molecule has 0 bridgehead atoms. The smallest absolute Gasteiger partial charge is 0.315 e. The van der Waals surface area contributed by atoms with E-state index in [4.69, 9.17) is 16.7 Å². The highest BCUT2D eigenvalue weighted by Gasteiger charge is 2.28. The summed E-state index contributed by atoms with van der Waals surface area (Å²) in [4.78, 5) is 28.0. The van der Waals surface area contributed by atoms with E-state index in [1.54, 1.807) is 18.3 Å². The third-order valence-corrected chi connectivity index (χ3v) is 5.26. The number of nitrogens with zero attached hydrogens (tertiary/aromatic N) is 2. The Morgan fingerprint density at radius 1 is 1.22 bits per heavy atom. The zero-order valence-electron chi connectivity index (χ0n) is 15.1. The fraction of sp³-hybridized carbons (Fsp3) is 0.421. The van der Waals surface area contributed by atoms with E-state index in [0.717, 1.165) is 5.56 Å². The summed E-state index contributed by atoms with van der Waals surface area (Å²) in [6, 6.07) is 6.54. The minimum absolute atomic E-state index is 0.0205. The number of benzene rings is 1. The molecule has 7 nitrogen and oxygen atoms in total. The molecule has 1 aliphatic carbocycles. The maximum Gasteiger partial charge on any atom is 0.315 e. The number of hydrogen-bond donors (Lipinski definition) is 3. The van der Waals surface area contributed by atoms with Crippen molar-refractivity contribution in [3.8, 4) is 0 Å². The van der Waals surface area contributed by atoms with E-state index in [-0.39, 0.29) is 18.0 Å². The lowest BCUT2D eigenvalue weighted by Crippen LogP contribution is -2.45. The number of urea groups is 1. The molecule has 1 saturated carbocycles. The van der Waals surface area contributed by atoms with Crippen molar-refractivity contribution < 1.29 is 14.7 Å². The number of carbonyl (C=O) groups excluding carboxylic acids is 1. The number of carbonyl (C=O) groups is 2. The van der Waals surface area contributed by atoms with Gasteiger partial charge in [-0.05, 0) is 43.4 Å². The third-order valence-electron chi connectivity index (χ3n) is 5.01. The molecule has 27 heavy (non-hydrogen) atoms. The molecular formula is C19H23ClN4O3. The lowest BCUT2D eigenvalue weighted by atomic mass is 9.86. The van der Waals surface area contributed by atoms with Gasteiger partial charge in [0.25, 0.3) is 0 Å². The van der Waals surface area contributed by atoms with E-state index in [2.05, 4.69) is 15.6 Å². The molecule has 1 heterocycles. The Hall–Kier alpha value is -2.54. The first-order chi connectivity index (χ1) is 12.9. The van der Waals surface area contributed by atoms with E-state index < -0.39 is 12.0 Å². The minimum Gasteiger partial charge on any atom is -0.481 e. The summed E-state index contributed by atoms with van der Waals surface area (Å²) >= 11 is 5.98. The Balaban J connectivity index is 1.67. The van der Waals surface area contributed by atoms with Crippen LogP contribution in [-0.2, 0) is 11.8 Å². The third kappa shape index (κ3) is 4.80. The van der Waals surface area contributed by atoms with Crippen molar-refractivity contribution in [2.75, 3.05) is 0 Å². The average molecular weight is 391 g/mol. The molecule has 144 valence electrons. The van der Waals surface area contributed by atoms with Crippen LogP contribution in [0.25, 0.3) is 0 Å². The molecule has 0 spiro atoms. The summed E-state index contributed by atoms with van der Waals surface area (Å²) < 4.78 is 1.86. The number of rotatable bonds is 5. The summed E-state index contributed by atoms with van der Waals surface area (Å²) in [6.07, 6.45) is 6.01. The van der Waals surface area contributed by atoms with Crippen molar-refractivity contribution in [1.29, 1.82) is 0 Å². The number of carboxylic acid groups (broad SMARTS) is 1. The summed E-state index contributed by atoms with van der Waals surface area (Å²) in [7, 11) is 1.87. The zero-order valence-corrected chi connectivity index (χ0v) is 15.8. The van der Waals surface area contributed by atoms with Gasteiger partial charge in [0.15, 0.2) is 0 Å². The largest absolute Gasteiger partial charge is 0.481 e. The van der Waals surface area contributed by atoms with E-state index >= 15 is 0 Å². The van der Waals surface area contributed by atoms with E-state index in [0.29, 0.717) is 36.5 Å². The highest BCUT2D eigenvalue weighted by atomic mass is 35.5. The van der Waals surface area contributed by atoms with Crippen LogP contribution in [0.1, 0.15) is 43.1 Å². The quantitative estimate of drug-likeness (QED) is 0.730. The Labute approximate surface area is 162 Å². The number of halogens is 1. The van der Waals surface area contributed by atoms with Crippen LogP contribution < -0.4 is 10.6 Å². The van der Waals surface area contributed by atoms with Gasteiger partial charge in [0.1, 0.15) is 11.9 Å². The summed E-state index contributed by atoms with van der Waals surface area (Å²) in [6.45, 7) is 0. The average Bonchev–Trinajstić information content (AvgIpc) is 3.07. The molecule has 0 radical (unpaired) electrons. The van der Waals surface area contributed by atoms with Crippen LogP contribution in [0.2, 0.25) is 5.02 Å². The first kappa shape index (κ1) is 19.2. The van der Waals surface area contributed by atoms with Crippen LogP contribution in [0.4, 0.5) is 4.79 Å². The van der Waals surface area contributed by atoms with Gasteiger partial charge in [0.05, 0.1) is 5.92 Å². The van der Waals surface area contributed by atoms with Gasteiger partial charge in [-0.1, -0.05) is 23.7 Å². The Morgan fingerprint density at radius 2 is 1.89 bits per heavy atom. The predicted molar refractivity (Wildman–Crippen MR) is 102 cm³/mol. The second kappa shape index (κ2) is 8.43. The molecule has 1 aromatic heterocycles. The Morgan fingerprint density at radius 3 is 2.44 bits per heavy atom. The molecular weight excluding hydrogens is 368 g/mol. The molecule has 3 rings (SSSR count). The van der Waals surface area contributed by atoms with Gasteiger partial charge in [0, 0.05) is 30.5 Å². The number of aryl methyl sites for hydroxylation is 1. The highest BCUT2D eigenvalue weighted by molar-refractivity contribution is 6.30. The second-order valence-electron chi connectivity index (χ2n) is 6.89. The molecule has 0 saturated heterocycles. The minimum atomic E-state index is -0.754. The lowest BCUT2D eigenvalue weighted by molar-refractivity contribution is -0.142. The zero-order chi connectivity index (χ0) is 19.4. The van der Waals surface area contributed by atoms with E-state index in [9.17, 15) is 9.59 Å². The number of nitrogens with one attached hydrogen (secondary N) is 2. The lowest BCUT2D eigenvalue weighted by Gasteiger charge is -2.28. The van der Waals surface area contributed by atoms with Crippen molar-refractivity contribution in [2.45, 2.75) is 37.8 Å². The van der Waals surface area contributed by atoms with Gasteiger partial charge in [-0.2, -0.15) is 0 Å². The number of amides is 2. The molecule has 1 aromatic carbocycles. The molecule has 8 heteroatoms. The van der Waals surface area contributed by atoms with Gasteiger partial charge >= 0.3 is 12.0 Å². The van der Waals surface area contributed by atoms with Gasteiger partial charge in [0.2, 0.25) is 0 Å². The van der Waals surface area contributed by atoms with Crippen LogP contribution in [0.15, 0.2) is 36.7 Å². The monoisotopic (exact) mass is 390 g/mol. The summed E-state index contributed by atoms with van der Waals surface area (Å²) in [5.41, 5.74) is 0.874. The molecule has 1 unspecified atom stereocenters. The standard InChI is InChI=1S/C19H23ClN4O3/c1-24-11-10-21-17(24)16(12-2-6-14(20)7-3-12)23-19(27)22-15-8-4-13(5-9-15)18(25)26/h2-3,6-7,10-11,13,15-16H,4-5,8-9H2,1H3,(H,25,26)(H2,22,23,27). The summed E-state index contributed by atoms with van der Waals surface area (Å²) in [5.74, 6) is -0.349. The molecule has 1 atom stereocenters. The van der Waals surface area contributed by atoms with Crippen LogP contribution >= 0.6 is 11.6 Å². The van der Waals surface area contributed by atoms with Crippen molar-refractivity contribution in [3.63, 3.8) is 0 Å². The maximum absolute atomic E-state index is 12.6. The highest BCUT2D eigenvalue weighted by Crippen LogP contribution is 2.25. The van der Waals surface area contributed by atoms with E-state index in [1.165, 1.54) is 0 Å². The maximum atomic E-state index is 12.6. The van der Waals surface area contributed by atoms with Crippen LogP contribution in [0.3, 0.4) is 0 Å². The predicted octanol–water partition coefficient (Wildman–Crippen LogP) is 3.11. The summed E-state index contributed by atoms with van der Waals surface area (Å²) in [5, 5.41) is 15.7. The molecule has 0 aliphatic heterocycles. The molecule has 3 N–H and O–H groups in total. The normalized spacial score (nSPS) is 20.7. The number of carboxylic acids is 1. The topological polar surface area (TPSA) is 96.3 Å². The number of imidazole rings is 1. The fourth-order valence-corrected chi connectivity index (χ4v) is 3.58. The molecule has 1 aliphatic rings. The molecule has 1 fully saturated rings. The molecule has 2 aromatic rings. The van der Waals surface area contributed by atoms with Gasteiger partial charge in [-0.25, -0.2) is 9.78 Å². The van der Waals surface area contributed by atoms with Crippen molar-refractivity contribution in [1.82, 2.24) is 20.2 Å². The van der Waals surface area contributed by atoms with Gasteiger partial charge in [-0.3, -0.25) is 4.79 Å². The number of aliphatic carboxylic acids is 1.